The van der Waals surface area contributed by atoms with E-state index in [1.165, 1.54) is 5.56 Å². The van der Waals surface area contributed by atoms with Crippen LogP contribution in [-0.4, -0.2) is 16.1 Å². The molecule has 0 fully saturated rings. The molecule has 0 atom stereocenters. The Morgan fingerprint density at radius 2 is 1.62 bits per heavy atom. The fourth-order valence-corrected chi connectivity index (χ4v) is 3.95. The smallest absolute Gasteiger partial charge is 0.339 e. The highest BCUT2D eigenvalue weighted by Crippen LogP contribution is 2.34. The van der Waals surface area contributed by atoms with Gasteiger partial charge in [-0.25, -0.2) is 4.79 Å². The van der Waals surface area contributed by atoms with Crippen LogP contribution in [0.3, 0.4) is 0 Å². The Balaban J connectivity index is 0.00000289. The van der Waals surface area contributed by atoms with Gasteiger partial charge in [-0.3, -0.25) is 4.98 Å². The maximum absolute atomic E-state index is 11.7. The van der Waals surface area contributed by atoms with Crippen molar-refractivity contribution in [1.29, 1.82) is 0 Å². The van der Waals surface area contributed by atoms with Crippen molar-refractivity contribution in [3.8, 4) is 16.9 Å². The number of aromatic nitrogens is 1. The molecule has 0 radical (unpaired) electrons. The number of ether oxygens (including phenoxy) is 1. The minimum Gasteiger partial charge on any atom is -0.488 e. The van der Waals surface area contributed by atoms with Crippen molar-refractivity contribution in [3.63, 3.8) is 0 Å². The second-order valence-corrected chi connectivity index (χ2v) is 8.74. The molecular weight excluding hydrogens is 471 g/mol. The first-order chi connectivity index (χ1) is 15.2. The van der Waals surface area contributed by atoms with E-state index in [0.717, 1.165) is 45.6 Å². The summed E-state index contributed by atoms with van der Waals surface area (Å²) >= 11 is 0. The van der Waals surface area contributed by atoms with Crippen molar-refractivity contribution in [1.82, 2.24) is 4.98 Å². The highest BCUT2D eigenvalue weighted by Gasteiger charge is 2.20. The average Bonchev–Trinajstić information content (AvgIpc) is 2.73. The van der Waals surface area contributed by atoms with Gasteiger partial charge in [0.25, 0.3) is 0 Å². The zero-order chi connectivity index (χ0) is 23.4. The fraction of sp³-hybridized carbons (Fsp3) is 0.333. The number of carboxylic acids is 1. The summed E-state index contributed by atoms with van der Waals surface area (Å²) in [5.74, 6) is -0.212. The van der Waals surface area contributed by atoms with E-state index in [0.29, 0.717) is 18.2 Å². The molecule has 0 saturated heterocycles. The Labute approximate surface area is 214 Å². The summed E-state index contributed by atoms with van der Waals surface area (Å²) in [6, 6.07) is 13.6. The number of halogens is 2. The van der Waals surface area contributed by atoms with Crippen LogP contribution >= 0.6 is 24.8 Å². The highest BCUT2D eigenvalue weighted by molar-refractivity contribution is 5.91. The summed E-state index contributed by atoms with van der Waals surface area (Å²) in [4.78, 5) is 16.6. The lowest BCUT2D eigenvalue weighted by Crippen LogP contribution is -2.14. The lowest BCUT2D eigenvalue weighted by Gasteiger charge is -2.21. The lowest BCUT2D eigenvalue weighted by atomic mass is 9.90. The van der Waals surface area contributed by atoms with Gasteiger partial charge in [0.2, 0.25) is 0 Å². The van der Waals surface area contributed by atoms with Gasteiger partial charge in [-0.15, -0.1) is 24.8 Å². The first-order valence-electron chi connectivity index (χ1n) is 11.0. The molecule has 34 heavy (non-hydrogen) atoms. The number of nitrogens with two attached hydrogens (primary N) is 1. The molecule has 0 spiro atoms. The number of aryl methyl sites for hydroxylation is 3. The Morgan fingerprint density at radius 3 is 2.18 bits per heavy atom. The number of rotatable bonds is 8. The maximum Gasteiger partial charge on any atom is 0.339 e. The molecule has 2 aromatic carbocycles. The number of hydrogen-bond acceptors (Lipinski definition) is 4. The number of hydrogen-bond donors (Lipinski definition) is 2. The van der Waals surface area contributed by atoms with Crippen LogP contribution in [0, 0.1) is 26.7 Å². The third-order valence-corrected chi connectivity index (χ3v) is 5.57. The number of nitrogens with zero attached hydrogens (tertiary/aromatic N) is 1. The van der Waals surface area contributed by atoms with Crippen LogP contribution in [0.1, 0.15) is 57.8 Å². The van der Waals surface area contributed by atoms with Crippen molar-refractivity contribution < 1.29 is 14.6 Å². The number of benzene rings is 2. The molecule has 0 bridgehead atoms. The van der Waals surface area contributed by atoms with Gasteiger partial charge in [-0.05, 0) is 61.9 Å². The van der Waals surface area contributed by atoms with Gasteiger partial charge in [0, 0.05) is 23.5 Å². The van der Waals surface area contributed by atoms with Gasteiger partial charge in [0.05, 0.1) is 0 Å². The Bertz CT molecular complexity index is 1130. The minimum absolute atomic E-state index is 0. The number of pyridine rings is 1. The molecule has 0 aliphatic heterocycles. The SMILES string of the molecule is Cc1ccc(-c2c(COc3ccc(C)cc3C(=O)O)c(C)nc(CC(C)C)c2CN)cc1.Cl.Cl. The molecule has 1 aromatic heterocycles. The number of carboxylic acid groups (broad SMARTS) is 1. The summed E-state index contributed by atoms with van der Waals surface area (Å²) in [5.41, 5.74) is 14.4. The van der Waals surface area contributed by atoms with Gasteiger partial charge in [-0.2, -0.15) is 0 Å². The molecule has 184 valence electrons. The Hall–Kier alpha value is -2.60. The molecular formula is C27H34Cl2N2O3. The summed E-state index contributed by atoms with van der Waals surface area (Å²) < 4.78 is 6.07. The van der Waals surface area contributed by atoms with E-state index in [-0.39, 0.29) is 37.0 Å². The van der Waals surface area contributed by atoms with Crippen LogP contribution in [0.15, 0.2) is 42.5 Å². The summed E-state index contributed by atoms with van der Waals surface area (Å²) in [7, 11) is 0. The van der Waals surface area contributed by atoms with Crippen molar-refractivity contribution in [3.05, 3.63) is 81.7 Å². The molecule has 3 N–H and O–H groups in total. The van der Waals surface area contributed by atoms with Gasteiger partial charge < -0.3 is 15.6 Å². The monoisotopic (exact) mass is 504 g/mol. The second-order valence-electron chi connectivity index (χ2n) is 8.74. The zero-order valence-corrected chi connectivity index (χ0v) is 22.0. The van der Waals surface area contributed by atoms with Gasteiger partial charge >= 0.3 is 5.97 Å². The molecule has 0 unspecified atom stereocenters. The van der Waals surface area contributed by atoms with Gasteiger partial charge in [-0.1, -0.05) is 55.3 Å². The molecule has 0 aliphatic rings. The van der Waals surface area contributed by atoms with Crippen LogP contribution in [0.4, 0.5) is 0 Å². The molecule has 0 saturated carbocycles. The molecule has 3 rings (SSSR count). The predicted octanol–water partition coefficient (Wildman–Crippen LogP) is 6.45. The average molecular weight is 505 g/mol. The van der Waals surface area contributed by atoms with E-state index in [4.69, 9.17) is 15.5 Å². The third-order valence-electron chi connectivity index (χ3n) is 5.57. The van der Waals surface area contributed by atoms with E-state index in [1.54, 1.807) is 12.1 Å². The van der Waals surface area contributed by atoms with Crippen molar-refractivity contribution in [2.45, 2.75) is 54.2 Å². The third kappa shape index (κ3) is 6.72. The number of carbonyl (C=O) groups is 1. The largest absolute Gasteiger partial charge is 0.488 e. The lowest BCUT2D eigenvalue weighted by molar-refractivity contribution is 0.0691. The predicted molar refractivity (Wildman–Crippen MR) is 143 cm³/mol. The zero-order valence-electron chi connectivity index (χ0n) is 20.3. The van der Waals surface area contributed by atoms with Crippen molar-refractivity contribution in [2.24, 2.45) is 11.7 Å². The summed E-state index contributed by atoms with van der Waals surface area (Å²) in [6.45, 7) is 10.8. The first kappa shape index (κ1) is 29.4. The molecule has 7 heteroatoms. The quantitative estimate of drug-likeness (QED) is 0.367. The minimum atomic E-state index is -1.01. The van der Waals surface area contributed by atoms with Crippen molar-refractivity contribution >= 4 is 30.8 Å². The van der Waals surface area contributed by atoms with E-state index >= 15 is 0 Å². The number of aromatic carboxylic acids is 1. The Morgan fingerprint density at radius 1 is 1.00 bits per heavy atom. The standard InChI is InChI=1S/C27H32N2O3.2ClH/c1-16(2)12-24-22(14-28)26(20-9-6-17(3)7-10-20)23(19(5)29-24)15-32-25-11-8-18(4)13-21(25)27(30)31;;/h6-11,13,16H,12,14-15,28H2,1-5H3,(H,30,31);2*1H. The van der Waals surface area contributed by atoms with Crippen LogP contribution in [0.5, 0.6) is 5.75 Å². The molecule has 1 heterocycles. The van der Waals surface area contributed by atoms with E-state index in [1.807, 2.05) is 19.9 Å². The topological polar surface area (TPSA) is 85.4 Å². The summed E-state index contributed by atoms with van der Waals surface area (Å²) in [6.07, 6.45) is 0.842. The van der Waals surface area contributed by atoms with Crippen molar-refractivity contribution in [2.75, 3.05) is 0 Å². The van der Waals surface area contributed by atoms with Crippen LogP contribution in [0.2, 0.25) is 0 Å². The van der Waals surface area contributed by atoms with E-state index < -0.39 is 5.97 Å². The van der Waals surface area contributed by atoms with Crippen LogP contribution in [-0.2, 0) is 19.6 Å². The van der Waals surface area contributed by atoms with E-state index in [9.17, 15) is 9.90 Å². The first-order valence-corrected chi connectivity index (χ1v) is 11.0. The maximum atomic E-state index is 11.7. The van der Waals surface area contributed by atoms with Gasteiger partial charge in [0.1, 0.15) is 17.9 Å². The molecule has 0 amide bonds. The molecule has 3 aromatic rings. The van der Waals surface area contributed by atoms with Crippen LogP contribution in [0.25, 0.3) is 11.1 Å². The highest BCUT2D eigenvalue weighted by atomic mass is 35.5. The van der Waals surface area contributed by atoms with E-state index in [2.05, 4.69) is 45.0 Å². The molecule has 5 nitrogen and oxygen atoms in total. The van der Waals surface area contributed by atoms with Crippen LogP contribution < -0.4 is 10.5 Å². The second kappa shape index (κ2) is 12.7. The molecule has 0 aliphatic carbocycles. The van der Waals surface area contributed by atoms with Gasteiger partial charge in [0.15, 0.2) is 0 Å². The fourth-order valence-electron chi connectivity index (χ4n) is 3.95. The summed E-state index contributed by atoms with van der Waals surface area (Å²) in [5, 5.41) is 9.59. The normalized spacial score (nSPS) is 10.4. The Kier molecular flexibility index (Phi) is 11.0.